The van der Waals surface area contributed by atoms with Crippen molar-refractivity contribution in [3.8, 4) is 0 Å². The maximum atomic E-state index is 13.5. The van der Waals surface area contributed by atoms with E-state index < -0.39 is 25.2 Å². The molecule has 4 aromatic rings. The number of ether oxygens (including phenoxy) is 5. The standard InChI is InChI=1S/C21H36N7O6P.C9H12Cl2N5O2P.C6H13NO2.CH4.2ClH/c1-14(2)33-17(29)6-8-26-35(31,27-9-7-18(30)34-15(3)4)13-32-16(5)10-28-12-25-19-20(22)23-11-24-21(19)28;1-6(18-5-19(10,11)17)2-16-4-15-7-8(12)13-3-14-9(7)16;1-5(2)9-6(8)3-4-7;;;/h11-12,14-16H,6-10,13H2,1-5H3,(H2,22,23,24)(H2,26,27,31);3-4,6H,2,5H2,1H3,(H2,12,13,14);5H,3-4,7H2,1-2H3;1H4;2*1H/t16-;6-;;;;/m11..../s1. The molecular weight excluding hydrogens is 990 g/mol. The Balaban J connectivity index is 0. The van der Waals surface area contributed by atoms with Gasteiger partial charge < -0.3 is 50.0 Å². The fourth-order valence-electron chi connectivity index (χ4n) is 5.08. The topological polar surface area (TPSA) is 321 Å². The number of nitrogens with zero attached hydrogens (tertiary/aromatic N) is 8. The second-order valence-corrected chi connectivity index (χ2v) is 22.2. The number of imidazole rings is 2. The summed E-state index contributed by atoms with van der Waals surface area (Å²) < 4.78 is 54.3. The van der Waals surface area contributed by atoms with Crippen molar-refractivity contribution in [2.75, 3.05) is 43.8 Å². The number of hydrogen-bond donors (Lipinski definition) is 5. The molecule has 4 rings (SSSR count). The van der Waals surface area contributed by atoms with Crippen LogP contribution in [0.2, 0.25) is 0 Å². The smallest absolute Gasteiger partial charge is 0.307 e. The number of hydrogen-bond acceptors (Lipinski definition) is 19. The number of carbonyl (C=O) groups excluding carboxylic acids is 3. The molecule has 0 bridgehead atoms. The molecule has 378 valence electrons. The zero-order valence-electron chi connectivity index (χ0n) is 37.6. The molecule has 4 aromatic heterocycles. The minimum absolute atomic E-state index is 0. The SMILES string of the molecule is C.CC(C)OC(=O)CCN.CC(C)OC(=O)CCNP(=O)(CO[C@H](C)Cn1cnc2c(N)ncnc21)NCCC(=O)OC(C)C.C[C@H](Cn1cnc2c(N)ncnc21)OCP(=O)(Cl)Cl.Cl.Cl. The predicted molar refractivity (Wildman–Crippen MR) is 261 cm³/mol. The molecule has 0 unspecified atom stereocenters. The van der Waals surface area contributed by atoms with E-state index in [0.29, 0.717) is 54.2 Å². The molecule has 0 aliphatic rings. The van der Waals surface area contributed by atoms with Crippen molar-refractivity contribution in [1.29, 1.82) is 0 Å². The van der Waals surface area contributed by atoms with Crippen LogP contribution in [0.4, 0.5) is 11.6 Å². The number of nitrogens with two attached hydrogens (primary N) is 3. The fraction of sp³-hybridized carbons (Fsp3) is 0.649. The summed E-state index contributed by atoms with van der Waals surface area (Å²) in [5.74, 6) is -3.62. The Bertz CT molecular complexity index is 2120. The van der Waals surface area contributed by atoms with E-state index in [9.17, 15) is 23.5 Å². The van der Waals surface area contributed by atoms with E-state index in [1.54, 1.807) is 56.4 Å². The lowest BCUT2D eigenvalue weighted by Crippen LogP contribution is -2.31. The molecule has 4 heterocycles. The van der Waals surface area contributed by atoms with Gasteiger partial charge in [0.2, 0.25) is 7.44 Å². The van der Waals surface area contributed by atoms with Gasteiger partial charge in [0.15, 0.2) is 22.9 Å². The summed E-state index contributed by atoms with van der Waals surface area (Å²) in [6.45, 7) is 15.7. The van der Waals surface area contributed by atoms with Gasteiger partial charge in [-0.05, 0) is 77.9 Å². The van der Waals surface area contributed by atoms with E-state index in [0.717, 1.165) is 0 Å². The average molecular weight is 1060 g/mol. The second-order valence-electron chi connectivity index (χ2n) is 14.6. The molecule has 0 saturated heterocycles. The van der Waals surface area contributed by atoms with Crippen molar-refractivity contribution in [1.82, 2.24) is 49.2 Å². The Morgan fingerprint density at radius 1 is 0.636 bits per heavy atom. The normalized spacial score (nSPS) is 12.2. The first kappa shape index (κ1) is 64.6. The lowest BCUT2D eigenvalue weighted by molar-refractivity contribution is -0.148. The number of esters is 3. The molecule has 0 amide bonds. The predicted octanol–water partition coefficient (Wildman–Crippen LogP) is 6.04. The molecule has 29 heteroatoms. The van der Waals surface area contributed by atoms with Gasteiger partial charge in [0, 0.05) is 19.6 Å². The maximum absolute atomic E-state index is 13.5. The van der Waals surface area contributed by atoms with Crippen LogP contribution in [0.5, 0.6) is 0 Å². The van der Waals surface area contributed by atoms with Crippen LogP contribution in [0.25, 0.3) is 22.3 Å². The third-order valence-corrected chi connectivity index (χ3v) is 10.7. The Morgan fingerprint density at radius 3 is 1.35 bits per heavy atom. The molecule has 66 heavy (non-hydrogen) atoms. The van der Waals surface area contributed by atoms with E-state index in [1.165, 1.54) is 12.7 Å². The highest BCUT2D eigenvalue weighted by atomic mass is 35.9. The van der Waals surface area contributed by atoms with E-state index in [1.807, 2.05) is 20.8 Å². The fourth-order valence-corrected chi connectivity index (χ4v) is 7.55. The Labute approximate surface area is 407 Å². The van der Waals surface area contributed by atoms with Gasteiger partial charge in [-0.25, -0.2) is 29.9 Å². The maximum Gasteiger partial charge on any atom is 0.307 e. The minimum Gasteiger partial charge on any atom is -0.463 e. The number of carbonyl (C=O) groups is 3. The van der Waals surface area contributed by atoms with Crippen molar-refractivity contribution >= 4 is 112 Å². The van der Waals surface area contributed by atoms with Gasteiger partial charge in [-0.15, -0.1) is 24.8 Å². The molecule has 0 radical (unpaired) electrons. The summed E-state index contributed by atoms with van der Waals surface area (Å²) in [6, 6.07) is 0. The van der Waals surface area contributed by atoms with Gasteiger partial charge in [0.25, 0.3) is 5.85 Å². The summed E-state index contributed by atoms with van der Waals surface area (Å²) >= 11 is 10.8. The number of anilines is 2. The summed E-state index contributed by atoms with van der Waals surface area (Å²) in [5.41, 5.74) is 18.8. The zero-order chi connectivity index (χ0) is 47.3. The van der Waals surface area contributed by atoms with Gasteiger partial charge in [0.1, 0.15) is 36.4 Å². The molecule has 0 aromatic carbocycles. The Hall–Kier alpha value is -3.47. The molecule has 0 aliphatic carbocycles. The highest BCUT2D eigenvalue weighted by molar-refractivity contribution is 8.08. The molecule has 0 fully saturated rings. The van der Waals surface area contributed by atoms with Crippen molar-refractivity contribution in [2.24, 2.45) is 5.73 Å². The molecule has 8 N–H and O–H groups in total. The van der Waals surface area contributed by atoms with Crippen LogP contribution in [-0.2, 0) is 60.3 Å². The number of rotatable bonds is 23. The first-order chi connectivity index (χ1) is 29.5. The van der Waals surface area contributed by atoms with Crippen LogP contribution >= 0.6 is 60.6 Å². The molecule has 23 nitrogen and oxygen atoms in total. The van der Waals surface area contributed by atoms with Crippen molar-refractivity contribution in [3.05, 3.63) is 25.3 Å². The number of fused-ring (bicyclic) bond motifs is 2. The van der Waals surface area contributed by atoms with Crippen LogP contribution in [0, 0.1) is 0 Å². The van der Waals surface area contributed by atoms with Crippen molar-refractivity contribution in [3.63, 3.8) is 0 Å². The van der Waals surface area contributed by atoms with E-state index in [2.05, 4.69) is 40.1 Å². The van der Waals surface area contributed by atoms with Gasteiger partial charge in [-0.1, -0.05) is 7.43 Å². The van der Waals surface area contributed by atoms with E-state index in [4.69, 9.17) is 63.4 Å². The highest BCUT2D eigenvalue weighted by Crippen LogP contribution is 2.56. The molecule has 0 aliphatic heterocycles. The summed E-state index contributed by atoms with van der Waals surface area (Å²) in [7, 11) is -3.31. The molecular formula is C37H67Cl4N13O10P2. The van der Waals surface area contributed by atoms with Crippen LogP contribution in [0.1, 0.15) is 82.1 Å². The Kier molecular flexibility index (Phi) is 31.6. The quantitative estimate of drug-likeness (QED) is 0.0321. The minimum atomic E-state index is -3.31. The highest BCUT2D eigenvalue weighted by Gasteiger charge is 2.25. The van der Waals surface area contributed by atoms with Gasteiger partial charge >= 0.3 is 17.9 Å². The third-order valence-electron chi connectivity index (χ3n) is 7.66. The van der Waals surface area contributed by atoms with Gasteiger partial charge in [-0.2, -0.15) is 0 Å². The monoisotopic (exact) mass is 1060 g/mol. The Morgan fingerprint density at radius 2 is 1.00 bits per heavy atom. The third kappa shape index (κ3) is 25.6. The molecule has 0 saturated carbocycles. The summed E-state index contributed by atoms with van der Waals surface area (Å²) in [4.78, 5) is 58.7. The van der Waals surface area contributed by atoms with Gasteiger partial charge in [0.05, 0.1) is 75.5 Å². The second kappa shape index (κ2) is 32.3. The largest absolute Gasteiger partial charge is 0.463 e. The van der Waals surface area contributed by atoms with Crippen LogP contribution < -0.4 is 27.4 Å². The number of halogens is 4. The molecule has 2 atom stereocenters. The average Bonchev–Trinajstić information content (AvgIpc) is 3.78. The number of nitrogen functional groups attached to an aromatic ring is 2. The van der Waals surface area contributed by atoms with Crippen molar-refractivity contribution in [2.45, 2.75) is 126 Å². The van der Waals surface area contributed by atoms with E-state index in [-0.39, 0.29) is 113 Å². The van der Waals surface area contributed by atoms with Crippen molar-refractivity contribution < 1.29 is 47.2 Å². The zero-order valence-corrected chi connectivity index (χ0v) is 42.6. The van der Waals surface area contributed by atoms with Gasteiger partial charge in [-0.3, -0.25) is 33.7 Å². The van der Waals surface area contributed by atoms with Crippen LogP contribution in [0.3, 0.4) is 0 Å². The van der Waals surface area contributed by atoms with Crippen LogP contribution in [-0.4, -0.2) is 120 Å². The first-order valence-corrected chi connectivity index (χ1v) is 25.5. The number of nitrogens with one attached hydrogen (secondary N) is 2. The number of aromatic nitrogens is 8. The summed E-state index contributed by atoms with van der Waals surface area (Å²) in [5, 5.41) is 5.75. The lowest BCUT2D eigenvalue weighted by atomic mass is 10.4. The van der Waals surface area contributed by atoms with E-state index >= 15 is 0 Å². The lowest BCUT2D eigenvalue weighted by Gasteiger charge is -2.23. The van der Waals surface area contributed by atoms with Crippen LogP contribution in [0.15, 0.2) is 25.3 Å². The molecule has 0 spiro atoms. The summed E-state index contributed by atoms with van der Waals surface area (Å²) in [6.07, 6.45) is 4.84. The first-order valence-electron chi connectivity index (χ1n) is 19.9.